The van der Waals surface area contributed by atoms with Crippen LogP contribution in [0.2, 0.25) is 5.02 Å². The van der Waals surface area contributed by atoms with Crippen LogP contribution in [0.1, 0.15) is 31.4 Å². The molecule has 1 aliphatic rings. The third-order valence-corrected chi connectivity index (χ3v) is 4.92. The molecule has 1 fully saturated rings. The van der Waals surface area contributed by atoms with Gasteiger partial charge in [0.05, 0.1) is 22.6 Å². The predicted octanol–water partition coefficient (Wildman–Crippen LogP) is 4.52. The first-order valence-corrected chi connectivity index (χ1v) is 9.70. The van der Waals surface area contributed by atoms with E-state index in [4.69, 9.17) is 16.3 Å². The molecule has 2 aromatic rings. The van der Waals surface area contributed by atoms with Gasteiger partial charge in [0, 0.05) is 12.1 Å². The Kier molecular flexibility index (Phi) is 6.37. The van der Waals surface area contributed by atoms with Gasteiger partial charge in [-0.1, -0.05) is 36.7 Å². The smallest absolute Gasteiger partial charge is 0.329 e. The van der Waals surface area contributed by atoms with Gasteiger partial charge >= 0.3 is 6.03 Å². The third-order valence-electron chi connectivity index (χ3n) is 4.62. The summed E-state index contributed by atoms with van der Waals surface area (Å²) in [6.45, 7) is 3.95. The fourth-order valence-corrected chi connectivity index (χ4v) is 3.02. The molecule has 0 aromatic heterocycles. The highest BCUT2D eigenvalue weighted by molar-refractivity contribution is 6.32. The van der Waals surface area contributed by atoms with E-state index in [0.29, 0.717) is 21.9 Å². The van der Waals surface area contributed by atoms with E-state index >= 15 is 0 Å². The fraction of sp³-hybridized carbons (Fsp3) is 0.238. The lowest BCUT2D eigenvalue weighted by Crippen LogP contribution is -2.30. The van der Waals surface area contributed by atoms with Gasteiger partial charge in [0.1, 0.15) is 11.4 Å². The Labute approximate surface area is 178 Å². The Bertz CT molecular complexity index is 1020. The standard InChI is InChI=1S/C21H20ClN3O5/c1-3-13(2)30-19-9-6-15(10-17(19)22)11-18-20(26)24(21(27)23-18)12-14-4-7-16(8-5-14)25(28)29/h4-11,13H,3,12H2,1-2H3,(H,23,27)/b18-11-. The normalized spacial score (nSPS) is 16.0. The lowest BCUT2D eigenvalue weighted by molar-refractivity contribution is -0.384. The summed E-state index contributed by atoms with van der Waals surface area (Å²) in [7, 11) is 0. The molecular formula is C21H20ClN3O5. The van der Waals surface area contributed by atoms with E-state index in [1.165, 1.54) is 30.3 Å². The van der Waals surface area contributed by atoms with Crippen LogP contribution in [0.25, 0.3) is 6.08 Å². The van der Waals surface area contributed by atoms with Crippen LogP contribution >= 0.6 is 11.6 Å². The van der Waals surface area contributed by atoms with Gasteiger partial charge in [-0.15, -0.1) is 0 Å². The van der Waals surface area contributed by atoms with Gasteiger partial charge in [-0.25, -0.2) is 4.79 Å². The number of amides is 3. The van der Waals surface area contributed by atoms with Crippen molar-refractivity contribution in [2.45, 2.75) is 32.9 Å². The first kappa shape index (κ1) is 21.3. The SMILES string of the molecule is CCC(C)Oc1ccc(/C=C2\NC(=O)N(Cc3ccc([N+](=O)[O-])cc3)C2=O)cc1Cl. The second-order valence-electron chi connectivity index (χ2n) is 6.83. The number of carbonyl (C=O) groups is 2. The summed E-state index contributed by atoms with van der Waals surface area (Å²) in [5.41, 5.74) is 1.29. The minimum absolute atomic E-state index is 0.00242. The lowest BCUT2D eigenvalue weighted by Gasteiger charge is -2.14. The Morgan fingerprint density at radius 1 is 1.23 bits per heavy atom. The first-order valence-electron chi connectivity index (χ1n) is 9.32. The fourth-order valence-electron chi connectivity index (χ4n) is 2.79. The van der Waals surface area contributed by atoms with Crippen LogP contribution < -0.4 is 10.1 Å². The molecule has 0 radical (unpaired) electrons. The van der Waals surface area contributed by atoms with Crippen LogP contribution in [-0.4, -0.2) is 27.9 Å². The van der Waals surface area contributed by atoms with Gasteiger partial charge in [-0.2, -0.15) is 0 Å². The molecule has 3 amide bonds. The molecule has 1 N–H and O–H groups in total. The van der Waals surface area contributed by atoms with Gasteiger partial charge in [-0.3, -0.25) is 19.8 Å². The molecule has 8 nitrogen and oxygen atoms in total. The number of rotatable bonds is 7. The zero-order chi connectivity index (χ0) is 21.8. The Morgan fingerprint density at radius 2 is 1.93 bits per heavy atom. The van der Waals surface area contributed by atoms with Crippen molar-refractivity contribution in [3.8, 4) is 5.75 Å². The maximum atomic E-state index is 12.6. The van der Waals surface area contributed by atoms with Crippen molar-refractivity contribution in [3.05, 3.63) is 74.4 Å². The maximum Gasteiger partial charge on any atom is 0.329 e. The summed E-state index contributed by atoms with van der Waals surface area (Å²) in [6, 6.07) is 10.2. The molecule has 9 heteroatoms. The molecule has 156 valence electrons. The van der Waals surface area contributed by atoms with E-state index in [-0.39, 0.29) is 24.0 Å². The number of carbonyl (C=O) groups excluding carboxylic acids is 2. The number of nitrogens with zero attached hydrogens (tertiary/aromatic N) is 2. The van der Waals surface area contributed by atoms with Crippen LogP contribution in [0.4, 0.5) is 10.5 Å². The summed E-state index contributed by atoms with van der Waals surface area (Å²) in [4.78, 5) is 36.2. The lowest BCUT2D eigenvalue weighted by atomic mass is 10.1. The van der Waals surface area contributed by atoms with Crippen LogP contribution in [0.15, 0.2) is 48.2 Å². The second kappa shape index (κ2) is 8.96. The van der Waals surface area contributed by atoms with Crippen molar-refractivity contribution in [3.63, 3.8) is 0 Å². The Balaban J connectivity index is 1.74. The number of urea groups is 1. The van der Waals surface area contributed by atoms with Gasteiger partial charge < -0.3 is 10.1 Å². The number of halogens is 1. The molecule has 3 rings (SSSR count). The number of hydrogen-bond acceptors (Lipinski definition) is 5. The minimum atomic E-state index is -0.563. The topological polar surface area (TPSA) is 102 Å². The van der Waals surface area contributed by atoms with Crippen LogP contribution in [0.3, 0.4) is 0 Å². The molecule has 0 aliphatic carbocycles. The van der Waals surface area contributed by atoms with E-state index in [9.17, 15) is 19.7 Å². The Morgan fingerprint density at radius 3 is 2.53 bits per heavy atom. The van der Waals surface area contributed by atoms with E-state index in [1.54, 1.807) is 18.2 Å². The van der Waals surface area contributed by atoms with Crippen molar-refractivity contribution in [2.24, 2.45) is 0 Å². The molecule has 2 aromatic carbocycles. The number of imide groups is 1. The van der Waals surface area contributed by atoms with Gasteiger partial charge in [0.25, 0.3) is 11.6 Å². The predicted molar refractivity (Wildman–Crippen MR) is 112 cm³/mol. The molecule has 1 atom stereocenters. The number of non-ortho nitro benzene ring substituents is 1. The van der Waals surface area contributed by atoms with Crippen molar-refractivity contribution in [2.75, 3.05) is 0 Å². The molecule has 30 heavy (non-hydrogen) atoms. The number of nitro groups is 1. The quantitative estimate of drug-likeness (QED) is 0.302. The number of benzene rings is 2. The van der Waals surface area contributed by atoms with E-state index in [2.05, 4.69) is 5.32 Å². The monoisotopic (exact) mass is 429 g/mol. The molecule has 1 heterocycles. The highest BCUT2D eigenvalue weighted by atomic mass is 35.5. The van der Waals surface area contributed by atoms with E-state index < -0.39 is 16.9 Å². The molecule has 1 unspecified atom stereocenters. The van der Waals surface area contributed by atoms with Crippen molar-refractivity contribution in [1.29, 1.82) is 0 Å². The molecule has 1 aliphatic heterocycles. The summed E-state index contributed by atoms with van der Waals surface area (Å²) in [5.74, 6) is 0.0594. The molecular weight excluding hydrogens is 410 g/mol. The van der Waals surface area contributed by atoms with Gasteiger partial charge in [0.15, 0.2) is 0 Å². The van der Waals surface area contributed by atoms with E-state index in [0.717, 1.165) is 11.3 Å². The number of hydrogen-bond donors (Lipinski definition) is 1. The largest absolute Gasteiger partial charge is 0.489 e. The minimum Gasteiger partial charge on any atom is -0.489 e. The zero-order valence-electron chi connectivity index (χ0n) is 16.4. The number of ether oxygens (including phenoxy) is 1. The molecule has 0 bridgehead atoms. The molecule has 0 saturated carbocycles. The third kappa shape index (κ3) is 4.77. The number of nitro benzene ring substituents is 1. The average Bonchev–Trinajstić information content (AvgIpc) is 2.97. The zero-order valence-corrected chi connectivity index (χ0v) is 17.2. The average molecular weight is 430 g/mol. The summed E-state index contributed by atoms with van der Waals surface area (Å²) >= 11 is 6.27. The summed E-state index contributed by atoms with van der Waals surface area (Å²) in [6.07, 6.45) is 2.40. The highest BCUT2D eigenvalue weighted by Crippen LogP contribution is 2.28. The van der Waals surface area contributed by atoms with Gasteiger partial charge in [0.2, 0.25) is 0 Å². The highest BCUT2D eigenvalue weighted by Gasteiger charge is 2.33. The van der Waals surface area contributed by atoms with Gasteiger partial charge in [-0.05, 0) is 42.7 Å². The van der Waals surface area contributed by atoms with Crippen LogP contribution in [0.5, 0.6) is 5.75 Å². The second-order valence-corrected chi connectivity index (χ2v) is 7.24. The van der Waals surface area contributed by atoms with Crippen LogP contribution in [0, 0.1) is 10.1 Å². The summed E-state index contributed by atoms with van der Waals surface area (Å²) < 4.78 is 5.72. The Hall–Kier alpha value is -3.39. The van der Waals surface area contributed by atoms with Crippen molar-refractivity contribution in [1.82, 2.24) is 10.2 Å². The summed E-state index contributed by atoms with van der Waals surface area (Å²) in [5, 5.41) is 13.7. The van der Waals surface area contributed by atoms with Crippen LogP contribution in [-0.2, 0) is 11.3 Å². The van der Waals surface area contributed by atoms with Crippen molar-refractivity contribution < 1.29 is 19.2 Å². The van der Waals surface area contributed by atoms with E-state index in [1.807, 2.05) is 13.8 Å². The van der Waals surface area contributed by atoms with Crippen molar-refractivity contribution >= 4 is 35.3 Å². The first-order chi connectivity index (χ1) is 14.3. The molecule has 1 saturated heterocycles. The maximum absolute atomic E-state index is 12.6. The molecule has 0 spiro atoms. The number of nitrogens with one attached hydrogen (secondary N) is 1.